The number of aromatic nitrogens is 3. The Morgan fingerprint density at radius 2 is 2.08 bits per heavy atom. The maximum atomic E-state index is 12.2. The van der Waals surface area contributed by atoms with Crippen molar-refractivity contribution >= 4 is 11.8 Å². The van der Waals surface area contributed by atoms with Gasteiger partial charge in [0.15, 0.2) is 12.3 Å². The third-order valence-electron chi connectivity index (χ3n) is 4.30. The van der Waals surface area contributed by atoms with Crippen molar-refractivity contribution in [3.63, 3.8) is 0 Å². The predicted octanol–water partition coefficient (Wildman–Crippen LogP) is 1.14. The van der Waals surface area contributed by atoms with Crippen LogP contribution in [0.1, 0.15) is 35.3 Å². The summed E-state index contributed by atoms with van der Waals surface area (Å²) in [6.45, 7) is 1.90. The number of pyridine rings is 1. The molecule has 2 amide bonds. The van der Waals surface area contributed by atoms with E-state index in [1.807, 2.05) is 17.0 Å². The van der Waals surface area contributed by atoms with Crippen molar-refractivity contribution < 1.29 is 14.3 Å². The molecule has 8 nitrogen and oxygen atoms in total. The number of rotatable bonds is 6. The SMILES string of the molecule is Cn1nc(C(=O)NCc2cccnc2)cc1OCC(=O)N1CCCCC1. The molecule has 26 heavy (non-hydrogen) atoms. The van der Waals surface area contributed by atoms with Gasteiger partial charge in [0, 0.05) is 45.1 Å². The lowest BCUT2D eigenvalue weighted by Gasteiger charge is -2.26. The van der Waals surface area contributed by atoms with Gasteiger partial charge in [0.2, 0.25) is 5.88 Å². The Hall–Kier alpha value is -2.90. The van der Waals surface area contributed by atoms with E-state index in [-0.39, 0.29) is 24.1 Å². The second kappa shape index (κ2) is 8.46. The summed E-state index contributed by atoms with van der Waals surface area (Å²) in [6.07, 6.45) is 6.62. The molecule has 0 aliphatic carbocycles. The molecule has 138 valence electrons. The summed E-state index contributed by atoms with van der Waals surface area (Å²) in [6, 6.07) is 5.24. The maximum absolute atomic E-state index is 12.2. The number of carbonyl (C=O) groups is 2. The molecule has 0 saturated carbocycles. The highest BCUT2D eigenvalue weighted by atomic mass is 16.5. The van der Waals surface area contributed by atoms with Gasteiger partial charge in [0.25, 0.3) is 11.8 Å². The highest BCUT2D eigenvalue weighted by molar-refractivity contribution is 5.92. The molecule has 0 spiro atoms. The molecule has 1 aliphatic heterocycles. The van der Waals surface area contributed by atoms with E-state index in [1.54, 1.807) is 25.5 Å². The minimum Gasteiger partial charge on any atom is -0.468 e. The zero-order valence-corrected chi connectivity index (χ0v) is 14.9. The molecule has 3 rings (SSSR count). The first-order chi connectivity index (χ1) is 12.6. The predicted molar refractivity (Wildman–Crippen MR) is 94.5 cm³/mol. The molecular formula is C18H23N5O3. The van der Waals surface area contributed by atoms with Gasteiger partial charge in [-0.05, 0) is 30.9 Å². The smallest absolute Gasteiger partial charge is 0.272 e. The molecule has 8 heteroatoms. The van der Waals surface area contributed by atoms with E-state index < -0.39 is 0 Å². The van der Waals surface area contributed by atoms with Crippen LogP contribution in [-0.2, 0) is 18.4 Å². The van der Waals surface area contributed by atoms with Crippen LogP contribution in [0.15, 0.2) is 30.6 Å². The number of hydrogen-bond acceptors (Lipinski definition) is 5. The van der Waals surface area contributed by atoms with Gasteiger partial charge in [0.1, 0.15) is 0 Å². The molecule has 0 unspecified atom stereocenters. The molecule has 1 fully saturated rings. The van der Waals surface area contributed by atoms with Gasteiger partial charge < -0.3 is 15.0 Å². The van der Waals surface area contributed by atoms with Crippen molar-refractivity contribution in [2.45, 2.75) is 25.8 Å². The minimum atomic E-state index is -0.304. The van der Waals surface area contributed by atoms with Crippen molar-refractivity contribution in [1.82, 2.24) is 25.0 Å². The van der Waals surface area contributed by atoms with Crippen molar-refractivity contribution in [3.8, 4) is 5.88 Å². The van der Waals surface area contributed by atoms with Crippen LogP contribution in [0.2, 0.25) is 0 Å². The third kappa shape index (κ3) is 4.59. The minimum absolute atomic E-state index is 0.0338. The number of carbonyl (C=O) groups excluding carboxylic acids is 2. The molecule has 0 atom stereocenters. The summed E-state index contributed by atoms with van der Waals surface area (Å²) >= 11 is 0. The van der Waals surface area contributed by atoms with Crippen molar-refractivity contribution in [2.24, 2.45) is 7.05 Å². The van der Waals surface area contributed by atoms with Crippen LogP contribution in [0, 0.1) is 0 Å². The van der Waals surface area contributed by atoms with Gasteiger partial charge in [-0.25, -0.2) is 4.68 Å². The molecular weight excluding hydrogens is 334 g/mol. The molecule has 3 heterocycles. The van der Waals surface area contributed by atoms with Gasteiger partial charge in [-0.15, -0.1) is 0 Å². The number of amides is 2. The second-order valence-corrected chi connectivity index (χ2v) is 6.27. The molecule has 0 radical (unpaired) electrons. The Kier molecular flexibility index (Phi) is 5.83. The Morgan fingerprint density at radius 3 is 2.81 bits per heavy atom. The first-order valence-corrected chi connectivity index (χ1v) is 8.75. The summed E-state index contributed by atoms with van der Waals surface area (Å²) in [5, 5.41) is 6.94. The lowest BCUT2D eigenvalue weighted by molar-refractivity contribution is -0.134. The van der Waals surface area contributed by atoms with E-state index in [0.29, 0.717) is 12.4 Å². The Labute approximate surface area is 152 Å². The summed E-state index contributed by atoms with van der Waals surface area (Å²) in [7, 11) is 1.68. The van der Waals surface area contributed by atoms with Crippen LogP contribution in [-0.4, -0.2) is 51.2 Å². The molecule has 1 N–H and O–H groups in total. The van der Waals surface area contributed by atoms with E-state index in [2.05, 4.69) is 15.4 Å². The first-order valence-electron chi connectivity index (χ1n) is 8.75. The van der Waals surface area contributed by atoms with Crippen LogP contribution in [0.5, 0.6) is 5.88 Å². The van der Waals surface area contributed by atoms with E-state index in [4.69, 9.17) is 4.74 Å². The quantitative estimate of drug-likeness (QED) is 0.837. The van der Waals surface area contributed by atoms with Crippen LogP contribution < -0.4 is 10.1 Å². The van der Waals surface area contributed by atoms with E-state index in [0.717, 1.165) is 31.5 Å². The Bertz CT molecular complexity index is 753. The van der Waals surface area contributed by atoms with E-state index in [9.17, 15) is 9.59 Å². The number of hydrogen-bond donors (Lipinski definition) is 1. The molecule has 2 aromatic rings. The molecule has 0 aromatic carbocycles. The van der Waals surface area contributed by atoms with Crippen LogP contribution in [0.3, 0.4) is 0 Å². The number of nitrogens with one attached hydrogen (secondary N) is 1. The van der Waals surface area contributed by atoms with Crippen molar-refractivity contribution in [2.75, 3.05) is 19.7 Å². The van der Waals surface area contributed by atoms with Gasteiger partial charge >= 0.3 is 0 Å². The molecule has 1 saturated heterocycles. The number of ether oxygens (including phenoxy) is 1. The van der Waals surface area contributed by atoms with Crippen LogP contribution >= 0.6 is 0 Å². The molecule has 1 aliphatic rings. The fourth-order valence-corrected chi connectivity index (χ4v) is 2.84. The van der Waals surface area contributed by atoms with Crippen LogP contribution in [0.25, 0.3) is 0 Å². The summed E-state index contributed by atoms with van der Waals surface area (Å²) in [5.41, 5.74) is 1.15. The number of piperidine rings is 1. The second-order valence-electron chi connectivity index (χ2n) is 6.27. The Morgan fingerprint density at radius 1 is 1.27 bits per heavy atom. The summed E-state index contributed by atoms with van der Waals surface area (Å²) in [5.74, 6) is 0.0528. The van der Waals surface area contributed by atoms with E-state index in [1.165, 1.54) is 11.1 Å². The fraction of sp³-hybridized carbons (Fsp3) is 0.444. The Balaban J connectivity index is 1.52. The van der Waals surface area contributed by atoms with Gasteiger partial charge in [-0.2, -0.15) is 5.10 Å². The number of aryl methyl sites for hydroxylation is 1. The fourth-order valence-electron chi connectivity index (χ4n) is 2.84. The van der Waals surface area contributed by atoms with Crippen LogP contribution in [0.4, 0.5) is 0 Å². The standard InChI is InChI=1S/C18H23N5O3/c1-22-17(26-13-16(24)23-8-3-2-4-9-23)10-15(21-22)18(25)20-12-14-6-5-7-19-11-14/h5-7,10-11H,2-4,8-9,12-13H2,1H3,(H,20,25). The van der Waals surface area contributed by atoms with Crippen molar-refractivity contribution in [1.29, 1.82) is 0 Å². The third-order valence-corrected chi connectivity index (χ3v) is 4.30. The lowest BCUT2D eigenvalue weighted by Crippen LogP contribution is -2.38. The summed E-state index contributed by atoms with van der Waals surface area (Å²) in [4.78, 5) is 30.2. The first kappa shape index (κ1) is 17.9. The topological polar surface area (TPSA) is 89.4 Å². The monoisotopic (exact) mass is 357 g/mol. The zero-order valence-electron chi connectivity index (χ0n) is 14.9. The van der Waals surface area contributed by atoms with E-state index >= 15 is 0 Å². The largest absolute Gasteiger partial charge is 0.468 e. The molecule has 0 bridgehead atoms. The van der Waals surface area contributed by atoms with Gasteiger partial charge in [0.05, 0.1) is 0 Å². The highest BCUT2D eigenvalue weighted by Crippen LogP contribution is 2.14. The average molecular weight is 357 g/mol. The average Bonchev–Trinajstić information content (AvgIpc) is 3.06. The molecule has 2 aromatic heterocycles. The number of nitrogens with zero attached hydrogens (tertiary/aromatic N) is 4. The zero-order chi connectivity index (χ0) is 18.4. The maximum Gasteiger partial charge on any atom is 0.272 e. The normalized spacial score (nSPS) is 14.1. The lowest BCUT2D eigenvalue weighted by atomic mass is 10.1. The van der Waals surface area contributed by atoms with Gasteiger partial charge in [-0.1, -0.05) is 6.07 Å². The van der Waals surface area contributed by atoms with Crippen molar-refractivity contribution in [3.05, 3.63) is 41.9 Å². The summed E-state index contributed by atoms with van der Waals surface area (Å²) < 4.78 is 7.03. The number of likely N-dealkylation sites (tertiary alicyclic amines) is 1. The van der Waals surface area contributed by atoms with Gasteiger partial charge in [-0.3, -0.25) is 14.6 Å². The highest BCUT2D eigenvalue weighted by Gasteiger charge is 2.19.